The number of amides is 2. The van der Waals surface area contributed by atoms with Crippen LogP contribution in [0.1, 0.15) is 47.1 Å². The summed E-state index contributed by atoms with van der Waals surface area (Å²) in [7, 11) is 1.40. The molecule has 4 N–H and O–H groups in total. The van der Waals surface area contributed by atoms with Gasteiger partial charge in [-0.15, -0.1) is 0 Å². The summed E-state index contributed by atoms with van der Waals surface area (Å²) in [6, 6.07) is 7.25. The van der Waals surface area contributed by atoms with Gasteiger partial charge in [0, 0.05) is 22.1 Å². The van der Waals surface area contributed by atoms with Gasteiger partial charge in [-0.25, -0.2) is 27.5 Å². The Morgan fingerprint density at radius 3 is 2.48 bits per heavy atom. The lowest BCUT2D eigenvalue weighted by Gasteiger charge is -2.33. The molecule has 1 aliphatic carbocycles. The van der Waals surface area contributed by atoms with Crippen LogP contribution >= 0.6 is 11.6 Å². The standard InChI is InChI=1S/C32H29ClF4N4O5/c1-4-46-29-17(13-24(38)42)12-23(41-28(29)19-5-6-21(34)26(36)25(19)35)32(44,31(37)7-8-31)14-39-30(43)18-9-16-10-20(33)15(2)40-27(16)22(11-18)45-3/h5-6,9-12,44H,4,7-8,13-14H2,1-3H3,(H2,38,42)(H,39,43)/t32-/m0/s1. The minimum absolute atomic E-state index is 0.0199. The summed E-state index contributed by atoms with van der Waals surface area (Å²) in [4.78, 5) is 34.1. The van der Waals surface area contributed by atoms with E-state index < -0.39 is 70.5 Å². The predicted octanol–water partition coefficient (Wildman–Crippen LogP) is 5.23. The third kappa shape index (κ3) is 5.92. The Kier molecular flexibility index (Phi) is 8.84. The fourth-order valence-corrected chi connectivity index (χ4v) is 5.39. The van der Waals surface area contributed by atoms with E-state index in [2.05, 4.69) is 15.3 Å². The zero-order valence-corrected chi connectivity index (χ0v) is 25.7. The van der Waals surface area contributed by atoms with Gasteiger partial charge in [0.05, 0.1) is 43.1 Å². The molecule has 2 amide bonds. The van der Waals surface area contributed by atoms with Crippen molar-refractivity contribution < 1.29 is 41.7 Å². The molecule has 1 atom stereocenters. The Hall–Kier alpha value is -4.49. The van der Waals surface area contributed by atoms with E-state index in [1.54, 1.807) is 19.9 Å². The van der Waals surface area contributed by atoms with E-state index in [-0.39, 0.29) is 42.1 Å². The second kappa shape index (κ2) is 12.4. The third-order valence-corrected chi connectivity index (χ3v) is 8.23. The molecule has 1 saturated carbocycles. The number of methoxy groups -OCH3 is 1. The van der Waals surface area contributed by atoms with E-state index in [9.17, 15) is 23.5 Å². The van der Waals surface area contributed by atoms with Crippen LogP contribution in [-0.4, -0.2) is 52.8 Å². The highest BCUT2D eigenvalue weighted by atomic mass is 35.5. The maximum atomic E-state index is 16.1. The number of carbonyl (C=O) groups is 2. The second-order valence-electron chi connectivity index (χ2n) is 11.0. The number of pyridine rings is 2. The van der Waals surface area contributed by atoms with Crippen molar-refractivity contribution in [3.8, 4) is 22.8 Å². The maximum Gasteiger partial charge on any atom is 0.251 e. The van der Waals surface area contributed by atoms with Gasteiger partial charge in [0.2, 0.25) is 5.91 Å². The number of benzene rings is 2. The molecule has 1 fully saturated rings. The summed E-state index contributed by atoms with van der Waals surface area (Å²) in [6.45, 7) is 2.54. The molecule has 0 radical (unpaired) electrons. The largest absolute Gasteiger partial charge is 0.494 e. The van der Waals surface area contributed by atoms with Gasteiger partial charge in [-0.2, -0.15) is 0 Å². The summed E-state index contributed by atoms with van der Waals surface area (Å²) in [5, 5.41) is 15.3. The van der Waals surface area contributed by atoms with Crippen LogP contribution in [-0.2, 0) is 16.8 Å². The van der Waals surface area contributed by atoms with E-state index in [0.29, 0.717) is 27.7 Å². The molecule has 0 saturated heterocycles. The van der Waals surface area contributed by atoms with Crippen molar-refractivity contribution in [2.24, 2.45) is 5.73 Å². The fraction of sp³-hybridized carbons (Fsp3) is 0.312. The zero-order chi connectivity index (χ0) is 33.6. The molecule has 242 valence electrons. The number of nitrogens with zero attached hydrogens (tertiary/aromatic N) is 2. The quantitative estimate of drug-likeness (QED) is 0.148. The van der Waals surface area contributed by atoms with Crippen LogP contribution in [0.25, 0.3) is 22.2 Å². The van der Waals surface area contributed by atoms with Crippen molar-refractivity contribution in [1.29, 1.82) is 0 Å². The van der Waals surface area contributed by atoms with Crippen LogP contribution in [0.2, 0.25) is 5.02 Å². The number of aryl methyl sites for hydroxylation is 1. The van der Waals surface area contributed by atoms with Gasteiger partial charge in [-0.05, 0) is 63.1 Å². The van der Waals surface area contributed by atoms with Crippen molar-refractivity contribution >= 4 is 34.3 Å². The summed E-state index contributed by atoms with van der Waals surface area (Å²) in [5.74, 6) is -6.40. The van der Waals surface area contributed by atoms with E-state index >= 15 is 8.78 Å². The molecule has 2 aromatic carbocycles. The van der Waals surface area contributed by atoms with Crippen molar-refractivity contribution in [3.63, 3.8) is 0 Å². The number of alkyl halides is 1. The number of rotatable bonds is 11. The summed E-state index contributed by atoms with van der Waals surface area (Å²) >= 11 is 6.23. The lowest BCUT2D eigenvalue weighted by atomic mass is 9.88. The molecule has 14 heteroatoms. The Labute approximate surface area is 265 Å². The molecule has 46 heavy (non-hydrogen) atoms. The van der Waals surface area contributed by atoms with Gasteiger partial charge in [-0.1, -0.05) is 11.6 Å². The first-order chi connectivity index (χ1) is 21.7. The highest BCUT2D eigenvalue weighted by Gasteiger charge is 2.62. The third-order valence-electron chi connectivity index (χ3n) is 7.85. The molecule has 0 unspecified atom stereocenters. The highest BCUT2D eigenvalue weighted by molar-refractivity contribution is 6.31. The summed E-state index contributed by atoms with van der Waals surface area (Å²) in [6.07, 6.45) is -0.763. The molecule has 2 heterocycles. The number of hydrogen-bond acceptors (Lipinski definition) is 7. The summed E-state index contributed by atoms with van der Waals surface area (Å²) in [5.41, 5.74) is 0.237. The molecule has 4 aromatic rings. The van der Waals surface area contributed by atoms with Crippen molar-refractivity contribution in [2.45, 2.75) is 44.4 Å². The first-order valence-electron chi connectivity index (χ1n) is 14.2. The number of primary amides is 1. The number of aliphatic hydroxyl groups is 1. The number of halogens is 5. The number of nitrogens with one attached hydrogen (secondary N) is 1. The van der Waals surface area contributed by atoms with Crippen molar-refractivity contribution in [2.75, 3.05) is 20.3 Å². The monoisotopic (exact) mass is 660 g/mol. The molecule has 0 spiro atoms. The molecule has 0 aliphatic heterocycles. The first-order valence-corrected chi connectivity index (χ1v) is 14.5. The predicted molar refractivity (Wildman–Crippen MR) is 161 cm³/mol. The molecule has 1 aliphatic rings. The maximum absolute atomic E-state index is 16.1. The number of carbonyl (C=O) groups excluding carboxylic acids is 2. The van der Waals surface area contributed by atoms with Gasteiger partial charge < -0.3 is 25.6 Å². The highest BCUT2D eigenvalue weighted by Crippen LogP contribution is 2.54. The molecular weight excluding hydrogens is 632 g/mol. The number of nitrogens with two attached hydrogens (primary N) is 1. The Bertz CT molecular complexity index is 1890. The topological polar surface area (TPSA) is 137 Å². The van der Waals surface area contributed by atoms with E-state index in [0.717, 1.165) is 12.1 Å². The molecule has 0 bridgehead atoms. The molecular formula is C32H29ClF4N4O5. The van der Waals surface area contributed by atoms with Gasteiger partial charge in [0.1, 0.15) is 28.4 Å². The zero-order valence-electron chi connectivity index (χ0n) is 24.9. The van der Waals surface area contributed by atoms with Crippen LogP contribution in [0.15, 0.2) is 36.4 Å². The van der Waals surface area contributed by atoms with Gasteiger partial charge in [-0.3, -0.25) is 9.59 Å². The van der Waals surface area contributed by atoms with Gasteiger partial charge in [0.25, 0.3) is 5.91 Å². The Balaban J connectivity index is 1.61. The number of hydrogen-bond donors (Lipinski definition) is 3. The second-order valence-corrected chi connectivity index (χ2v) is 11.4. The molecule has 5 rings (SSSR count). The lowest BCUT2D eigenvalue weighted by Crippen LogP contribution is -2.49. The SMILES string of the molecule is CCOc1c(CC(N)=O)cc([C@@](O)(CNC(=O)c2cc(OC)c3nc(C)c(Cl)cc3c2)C2(F)CC2)nc1-c1ccc(F)c(F)c1F. The minimum atomic E-state index is -2.54. The number of aromatic nitrogens is 2. The van der Waals surface area contributed by atoms with Crippen molar-refractivity contribution in [1.82, 2.24) is 15.3 Å². The number of fused-ring (bicyclic) bond motifs is 1. The lowest BCUT2D eigenvalue weighted by molar-refractivity contribution is -0.117. The fourth-order valence-electron chi connectivity index (χ4n) is 5.23. The molecule has 9 nitrogen and oxygen atoms in total. The first kappa shape index (κ1) is 32.9. The van der Waals surface area contributed by atoms with Crippen LogP contribution in [0.3, 0.4) is 0 Å². The van der Waals surface area contributed by atoms with Gasteiger partial charge >= 0.3 is 0 Å². The van der Waals surface area contributed by atoms with Crippen molar-refractivity contribution in [3.05, 3.63) is 81.4 Å². The van der Waals surface area contributed by atoms with E-state index in [1.807, 2.05) is 0 Å². The van der Waals surface area contributed by atoms with Crippen LogP contribution < -0.4 is 20.5 Å². The Morgan fingerprint density at radius 2 is 1.85 bits per heavy atom. The van der Waals surface area contributed by atoms with Crippen LogP contribution in [0, 0.1) is 24.4 Å². The summed E-state index contributed by atoms with van der Waals surface area (Å²) < 4.78 is 70.3. The number of ether oxygens (including phenoxy) is 2. The van der Waals surface area contributed by atoms with E-state index in [4.69, 9.17) is 26.8 Å². The minimum Gasteiger partial charge on any atom is -0.494 e. The van der Waals surface area contributed by atoms with E-state index in [1.165, 1.54) is 19.2 Å². The molecule has 2 aromatic heterocycles. The average molecular weight is 661 g/mol. The van der Waals surface area contributed by atoms with Crippen LogP contribution in [0.4, 0.5) is 17.6 Å². The van der Waals surface area contributed by atoms with Crippen LogP contribution in [0.5, 0.6) is 11.5 Å². The smallest absolute Gasteiger partial charge is 0.251 e. The normalized spacial score (nSPS) is 14.9. The van der Waals surface area contributed by atoms with Gasteiger partial charge in [0.15, 0.2) is 23.1 Å². The Morgan fingerprint density at radius 1 is 1.13 bits per heavy atom. The average Bonchev–Trinajstić information content (AvgIpc) is 3.78.